The van der Waals surface area contributed by atoms with Gasteiger partial charge in [0, 0.05) is 31.0 Å². The highest BCUT2D eigenvalue weighted by molar-refractivity contribution is 5.96. The van der Waals surface area contributed by atoms with Gasteiger partial charge in [-0.05, 0) is 25.9 Å². The first-order valence-electron chi connectivity index (χ1n) is 7.38. The minimum Gasteiger partial charge on any atom is -0.497 e. The zero-order valence-corrected chi connectivity index (χ0v) is 13.4. The highest BCUT2D eigenvalue weighted by atomic mass is 16.5. The van der Waals surface area contributed by atoms with E-state index in [2.05, 4.69) is 10.6 Å². The molecule has 1 aliphatic heterocycles. The minimum atomic E-state index is -0.490. The van der Waals surface area contributed by atoms with Gasteiger partial charge in [0.15, 0.2) is 0 Å². The Hall–Kier alpha value is -1.79. The molecule has 0 aromatic heterocycles. The van der Waals surface area contributed by atoms with Gasteiger partial charge in [-0.2, -0.15) is 0 Å². The van der Waals surface area contributed by atoms with E-state index in [0.29, 0.717) is 23.8 Å². The van der Waals surface area contributed by atoms with E-state index >= 15 is 0 Å². The lowest BCUT2D eigenvalue weighted by Crippen LogP contribution is -2.47. The Morgan fingerprint density at radius 1 is 1.14 bits per heavy atom. The van der Waals surface area contributed by atoms with E-state index < -0.39 is 5.41 Å². The smallest absolute Gasteiger partial charge is 0.233 e. The van der Waals surface area contributed by atoms with E-state index in [9.17, 15) is 4.79 Å². The molecule has 1 aromatic carbocycles. The summed E-state index contributed by atoms with van der Waals surface area (Å²) in [4.78, 5) is 12.8. The fourth-order valence-corrected chi connectivity index (χ4v) is 2.76. The number of benzene rings is 1. The van der Waals surface area contributed by atoms with Crippen LogP contribution in [-0.2, 0) is 9.53 Å². The summed E-state index contributed by atoms with van der Waals surface area (Å²) in [5.41, 5.74) is 0.172. The molecule has 122 valence electrons. The topological polar surface area (TPSA) is 68.8 Å². The van der Waals surface area contributed by atoms with Crippen LogP contribution in [0.1, 0.15) is 12.8 Å². The number of amides is 1. The van der Waals surface area contributed by atoms with Gasteiger partial charge in [0.05, 0.1) is 26.2 Å². The van der Waals surface area contributed by atoms with Crippen molar-refractivity contribution in [2.45, 2.75) is 12.8 Å². The summed E-state index contributed by atoms with van der Waals surface area (Å²) >= 11 is 0. The van der Waals surface area contributed by atoms with Crippen LogP contribution in [0.4, 0.5) is 5.69 Å². The second kappa shape index (κ2) is 7.47. The van der Waals surface area contributed by atoms with Crippen LogP contribution in [0.3, 0.4) is 0 Å². The van der Waals surface area contributed by atoms with Gasteiger partial charge in [-0.1, -0.05) is 0 Å². The lowest BCUT2D eigenvalue weighted by Gasteiger charge is -2.35. The molecule has 1 aliphatic rings. The Morgan fingerprint density at radius 2 is 1.73 bits per heavy atom. The van der Waals surface area contributed by atoms with E-state index in [4.69, 9.17) is 14.2 Å². The molecular formula is C16H24N2O4. The third kappa shape index (κ3) is 3.69. The summed E-state index contributed by atoms with van der Waals surface area (Å²) in [6.07, 6.45) is 1.52. The maximum atomic E-state index is 12.8. The zero-order chi connectivity index (χ0) is 16.0. The SMILES string of the molecule is COCC1(C(=O)Nc2cc(OC)cc(OC)c2)CCNCC1. The molecule has 0 saturated carbocycles. The largest absolute Gasteiger partial charge is 0.497 e. The first-order valence-corrected chi connectivity index (χ1v) is 7.38. The molecule has 2 rings (SSSR count). The molecule has 2 N–H and O–H groups in total. The fourth-order valence-electron chi connectivity index (χ4n) is 2.76. The van der Waals surface area contributed by atoms with Crippen molar-refractivity contribution in [3.63, 3.8) is 0 Å². The van der Waals surface area contributed by atoms with Crippen molar-refractivity contribution < 1.29 is 19.0 Å². The normalized spacial score (nSPS) is 16.9. The molecular weight excluding hydrogens is 284 g/mol. The average molecular weight is 308 g/mol. The van der Waals surface area contributed by atoms with Gasteiger partial charge in [0.1, 0.15) is 11.5 Å². The molecule has 0 bridgehead atoms. The summed E-state index contributed by atoms with van der Waals surface area (Å²) in [5.74, 6) is 1.26. The standard InChI is InChI=1S/C16H24N2O4/c1-20-11-16(4-6-17-7-5-16)15(19)18-12-8-13(21-2)10-14(9-12)22-3/h8-10,17H,4-7,11H2,1-3H3,(H,18,19). The van der Waals surface area contributed by atoms with Gasteiger partial charge in [-0.25, -0.2) is 0 Å². The molecule has 1 heterocycles. The third-order valence-corrected chi connectivity index (χ3v) is 4.07. The Labute approximate surface area is 131 Å². The van der Waals surface area contributed by atoms with Crippen LogP contribution in [-0.4, -0.2) is 46.9 Å². The number of hydrogen-bond acceptors (Lipinski definition) is 5. The maximum Gasteiger partial charge on any atom is 0.233 e. The third-order valence-electron chi connectivity index (χ3n) is 4.07. The van der Waals surface area contributed by atoms with Gasteiger partial charge in [-0.15, -0.1) is 0 Å². The minimum absolute atomic E-state index is 0.0221. The summed E-state index contributed by atoms with van der Waals surface area (Å²) in [6.45, 7) is 2.05. The Morgan fingerprint density at radius 3 is 2.23 bits per heavy atom. The summed E-state index contributed by atoms with van der Waals surface area (Å²) < 4.78 is 15.8. The summed E-state index contributed by atoms with van der Waals surface area (Å²) in [6, 6.07) is 5.33. The Bertz CT molecular complexity index is 485. The van der Waals surface area contributed by atoms with Crippen molar-refractivity contribution in [1.82, 2.24) is 5.32 Å². The van der Waals surface area contributed by atoms with E-state index in [-0.39, 0.29) is 5.91 Å². The molecule has 22 heavy (non-hydrogen) atoms. The highest BCUT2D eigenvalue weighted by Gasteiger charge is 2.39. The van der Waals surface area contributed by atoms with Crippen LogP contribution < -0.4 is 20.1 Å². The Kier molecular flexibility index (Phi) is 5.63. The van der Waals surface area contributed by atoms with Gasteiger partial charge >= 0.3 is 0 Å². The second-order valence-electron chi connectivity index (χ2n) is 5.52. The molecule has 6 heteroatoms. The van der Waals surface area contributed by atoms with Gasteiger partial charge in [-0.3, -0.25) is 4.79 Å². The van der Waals surface area contributed by atoms with E-state index in [1.54, 1.807) is 39.5 Å². The summed E-state index contributed by atoms with van der Waals surface area (Å²) in [7, 11) is 4.80. The molecule has 0 unspecified atom stereocenters. The lowest BCUT2D eigenvalue weighted by molar-refractivity contribution is -0.130. The number of ether oxygens (including phenoxy) is 3. The molecule has 0 atom stereocenters. The van der Waals surface area contributed by atoms with Crippen LogP contribution in [0.2, 0.25) is 0 Å². The lowest BCUT2D eigenvalue weighted by atomic mass is 9.78. The molecule has 0 radical (unpaired) electrons. The summed E-state index contributed by atoms with van der Waals surface area (Å²) in [5, 5.41) is 6.26. The highest BCUT2D eigenvalue weighted by Crippen LogP contribution is 2.32. The van der Waals surface area contributed by atoms with Crippen LogP contribution in [0.5, 0.6) is 11.5 Å². The number of carbonyl (C=O) groups is 1. The molecule has 1 saturated heterocycles. The van der Waals surface area contributed by atoms with Crippen LogP contribution in [0.15, 0.2) is 18.2 Å². The number of rotatable bonds is 6. The van der Waals surface area contributed by atoms with Crippen LogP contribution in [0.25, 0.3) is 0 Å². The second-order valence-corrected chi connectivity index (χ2v) is 5.52. The van der Waals surface area contributed by atoms with Crippen molar-refractivity contribution in [3.05, 3.63) is 18.2 Å². The number of methoxy groups -OCH3 is 3. The predicted molar refractivity (Wildman–Crippen MR) is 84.6 cm³/mol. The number of hydrogen-bond donors (Lipinski definition) is 2. The van der Waals surface area contributed by atoms with Crippen molar-refractivity contribution in [1.29, 1.82) is 0 Å². The first kappa shape index (κ1) is 16.6. The van der Waals surface area contributed by atoms with Crippen LogP contribution >= 0.6 is 0 Å². The van der Waals surface area contributed by atoms with Gasteiger partial charge in [0.2, 0.25) is 5.91 Å². The molecule has 1 fully saturated rings. The van der Waals surface area contributed by atoms with Gasteiger partial charge < -0.3 is 24.8 Å². The Balaban J connectivity index is 2.18. The molecule has 1 amide bonds. The number of piperidine rings is 1. The predicted octanol–water partition coefficient (Wildman–Crippen LogP) is 1.66. The average Bonchev–Trinajstić information content (AvgIpc) is 2.55. The van der Waals surface area contributed by atoms with Crippen molar-refractivity contribution >= 4 is 11.6 Å². The van der Waals surface area contributed by atoms with Crippen molar-refractivity contribution in [2.75, 3.05) is 46.3 Å². The number of carbonyl (C=O) groups excluding carboxylic acids is 1. The fraction of sp³-hybridized carbons (Fsp3) is 0.562. The first-order chi connectivity index (χ1) is 10.6. The van der Waals surface area contributed by atoms with E-state index in [0.717, 1.165) is 25.9 Å². The van der Waals surface area contributed by atoms with E-state index in [1.807, 2.05) is 0 Å². The van der Waals surface area contributed by atoms with Gasteiger partial charge in [0.25, 0.3) is 0 Å². The van der Waals surface area contributed by atoms with Crippen molar-refractivity contribution in [2.24, 2.45) is 5.41 Å². The van der Waals surface area contributed by atoms with E-state index in [1.165, 1.54) is 0 Å². The quantitative estimate of drug-likeness (QED) is 0.836. The maximum absolute atomic E-state index is 12.8. The monoisotopic (exact) mass is 308 g/mol. The molecule has 1 aromatic rings. The zero-order valence-electron chi connectivity index (χ0n) is 13.4. The molecule has 6 nitrogen and oxygen atoms in total. The molecule has 0 aliphatic carbocycles. The number of anilines is 1. The molecule has 0 spiro atoms. The number of nitrogens with one attached hydrogen (secondary N) is 2. The van der Waals surface area contributed by atoms with Crippen LogP contribution in [0, 0.1) is 5.41 Å². The van der Waals surface area contributed by atoms with Crippen molar-refractivity contribution in [3.8, 4) is 11.5 Å².